The van der Waals surface area contributed by atoms with Gasteiger partial charge in [-0.2, -0.15) is 0 Å². The summed E-state index contributed by atoms with van der Waals surface area (Å²) in [5, 5.41) is 3.17. The van der Waals surface area contributed by atoms with Crippen LogP contribution in [0.2, 0.25) is 0 Å². The molecule has 0 saturated carbocycles. The SMILES string of the molecule is CNCc1cc(CN2CCCOc3ccccc32)oc1C. The molecule has 2 aromatic rings. The second-order valence-electron chi connectivity index (χ2n) is 5.42. The highest BCUT2D eigenvalue weighted by Crippen LogP contribution is 2.32. The molecule has 0 saturated heterocycles. The van der Waals surface area contributed by atoms with Gasteiger partial charge in [-0.3, -0.25) is 0 Å². The number of anilines is 1. The lowest BCUT2D eigenvalue weighted by molar-refractivity contribution is 0.322. The highest BCUT2D eigenvalue weighted by molar-refractivity contribution is 5.59. The Bertz CT molecular complexity index is 607. The van der Waals surface area contributed by atoms with E-state index in [4.69, 9.17) is 9.15 Å². The van der Waals surface area contributed by atoms with Gasteiger partial charge in [0.1, 0.15) is 17.3 Å². The van der Waals surface area contributed by atoms with E-state index in [1.807, 2.05) is 26.1 Å². The number of benzene rings is 1. The van der Waals surface area contributed by atoms with Gasteiger partial charge in [-0.25, -0.2) is 0 Å². The summed E-state index contributed by atoms with van der Waals surface area (Å²) in [6, 6.07) is 10.4. The van der Waals surface area contributed by atoms with E-state index in [1.54, 1.807) is 0 Å². The Morgan fingerprint density at radius 1 is 1.29 bits per heavy atom. The molecular weight excluding hydrogens is 264 g/mol. The summed E-state index contributed by atoms with van der Waals surface area (Å²) >= 11 is 0. The number of hydrogen-bond donors (Lipinski definition) is 1. The average Bonchev–Trinajstić information content (AvgIpc) is 2.71. The highest BCUT2D eigenvalue weighted by Gasteiger charge is 2.18. The molecule has 0 atom stereocenters. The van der Waals surface area contributed by atoms with Gasteiger partial charge in [-0.15, -0.1) is 0 Å². The third-order valence-corrected chi connectivity index (χ3v) is 3.82. The summed E-state index contributed by atoms with van der Waals surface area (Å²) in [6.07, 6.45) is 1.03. The monoisotopic (exact) mass is 286 g/mol. The molecule has 0 radical (unpaired) electrons. The minimum atomic E-state index is 0.774. The van der Waals surface area contributed by atoms with Gasteiger partial charge in [0.05, 0.1) is 18.8 Å². The van der Waals surface area contributed by atoms with Crippen LogP contribution in [-0.4, -0.2) is 20.2 Å². The summed E-state index contributed by atoms with van der Waals surface area (Å²) in [5.41, 5.74) is 2.38. The van der Waals surface area contributed by atoms with Crippen LogP contribution in [0.15, 0.2) is 34.7 Å². The standard InChI is InChI=1S/C17H22N2O2/c1-13-14(11-18-2)10-15(21-13)12-19-8-5-9-20-17-7-4-3-6-16(17)19/h3-4,6-7,10,18H,5,8-9,11-12H2,1-2H3. The van der Waals surface area contributed by atoms with Crippen LogP contribution in [-0.2, 0) is 13.1 Å². The molecule has 0 fully saturated rings. The molecule has 1 aromatic heterocycles. The average molecular weight is 286 g/mol. The van der Waals surface area contributed by atoms with Crippen molar-refractivity contribution < 1.29 is 9.15 Å². The Morgan fingerprint density at radius 3 is 3.00 bits per heavy atom. The number of ether oxygens (including phenoxy) is 1. The van der Waals surface area contributed by atoms with Crippen molar-refractivity contribution in [2.75, 3.05) is 25.1 Å². The van der Waals surface area contributed by atoms with Gasteiger partial charge in [-0.05, 0) is 38.6 Å². The lowest BCUT2D eigenvalue weighted by Gasteiger charge is -2.22. The van der Waals surface area contributed by atoms with E-state index in [0.29, 0.717) is 0 Å². The predicted molar refractivity (Wildman–Crippen MR) is 83.8 cm³/mol. The third-order valence-electron chi connectivity index (χ3n) is 3.82. The summed E-state index contributed by atoms with van der Waals surface area (Å²) in [4.78, 5) is 2.34. The second-order valence-corrected chi connectivity index (χ2v) is 5.42. The topological polar surface area (TPSA) is 37.6 Å². The third kappa shape index (κ3) is 3.05. The first-order valence-corrected chi connectivity index (χ1v) is 7.47. The Balaban J connectivity index is 1.82. The number of nitrogens with zero attached hydrogens (tertiary/aromatic N) is 1. The van der Waals surface area contributed by atoms with E-state index < -0.39 is 0 Å². The molecule has 0 bridgehead atoms. The quantitative estimate of drug-likeness (QED) is 0.937. The number of aryl methyl sites for hydroxylation is 1. The molecular formula is C17H22N2O2. The molecule has 4 heteroatoms. The molecule has 1 N–H and O–H groups in total. The van der Waals surface area contributed by atoms with Gasteiger partial charge < -0.3 is 19.4 Å². The fourth-order valence-electron chi connectivity index (χ4n) is 2.78. The van der Waals surface area contributed by atoms with Crippen molar-refractivity contribution in [1.29, 1.82) is 0 Å². The first-order valence-electron chi connectivity index (χ1n) is 7.47. The maximum Gasteiger partial charge on any atom is 0.142 e. The van der Waals surface area contributed by atoms with Crippen molar-refractivity contribution >= 4 is 5.69 Å². The number of nitrogens with one attached hydrogen (secondary N) is 1. The summed E-state index contributed by atoms with van der Waals surface area (Å²) in [7, 11) is 1.95. The molecule has 4 nitrogen and oxygen atoms in total. The predicted octanol–water partition coefficient (Wildman–Crippen LogP) is 3.10. The van der Waals surface area contributed by atoms with Gasteiger partial charge in [-0.1, -0.05) is 12.1 Å². The summed E-state index contributed by atoms with van der Waals surface area (Å²) in [5.74, 6) is 2.97. The number of furan rings is 1. The maximum atomic E-state index is 5.90. The minimum Gasteiger partial charge on any atom is -0.491 e. The molecule has 1 aliphatic rings. The minimum absolute atomic E-state index is 0.774. The zero-order chi connectivity index (χ0) is 14.7. The molecule has 1 aromatic carbocycles. The normalized spacial score (nSPS) is 14.5. The van der Waals surface area contributed by atoms with Crippen LogP contribution >= 0.6 is 0 Å². The smallest absolute Gasteiger partial charge is 0.142 e. The maximum absolute atomic E-state index is 5.90. The van der Waals surface area contributed by atoms with Crippen LogP contribution in [0.3, 0.4) is 0 Å². The van der Waals surface area contributed by atoms with E-state index in [0.717, 1.165) is 55.6 Å². The zero-order valence-electron chi connectivity index (χ0n) is 12.7. The summed E-state index contributed by atoms with van der Waals surface area (Å²) in [6.45, 7) is 5.41. The van der Waals surface area contributed by atoms with E-state index in [9.17, 15) is 0 Å². The zero-order valence-corrected chi connectivity index (χ0v) is 12.7. The van der Waals surface area contributed by atoms with Crippen molar-refractivity contribution in [3.05, 3.63) is 47.4 Å². The molecule has 3 rings (SSSR count). The highest BCUT2D eigenvalue weighted by atomic mass is 16.5. The fraction of sp³-hybridized carbons (Fsp3) is 0.412. The van der Waals surface area contributed by atoms with E-state index in [-0.39, 0.29) is 0 Å². The van der Waals surface area contributed by atoms with E-state index in [1.165, 1.54) is 5.56 Å². The summed E-state index contributed by atoms with van der Waals surface area (Å²) < 4.78 is 11.7. The van der Waals surface area contributed by atoms with Crippen molar-refractivity contribution in [2.45, 2.75) is 26.4 Å². The van der Waals surface area contributed by atoms with Crippen molar-refractivity contribution in [2.24, 2.45) is 0 Å². The Hall–Kier alpha value is -1.94. The lowest BCUT2D eigenvalue weighted by atomic mass is 10.2. The van der Waals surface area contributed by atoms with Crippen LogP contribution in [0.25, 0.3) is 0 Å². The van der Waals surface area contributed by atoms with Gasteiger partial charge in [0.15, 0.2) is 0 Å². The van der Waals surface area contributed by atoms with Gasteiger partial charge >= 0.3 is 0 Å². The van der Waals surface area contributed by atoms with Crippen LogP contribution in [0.5, 0.6) is 5.75 Å². The van der Waals surface area contributed by atoms with Crippen LogP contribution < -0.4 is 15.0 Å². The van der Waals surface area contributed by atoms with E-state index in [2.05, 4.69) is 28.4 Å². The molecule has 112 valence electrons. The van der Waals surface area contributed by atoms with Gasteiger partial charge in [0.25, 0.3) is 0 Å². The van der Waals surface area contributed by atoms with E-state index >= 15 is 0 Å². The van der Waals surface area contributed by atoms with Crippen LogP contribution in [0.4, 0.5) is 5.69 Å². The van der Waals surface area contributed by atoms with Crippen LogP contribution in [0.1, 0.15) is 23.5 Å². The molecule has 2 heterocycles. The first kappa shape index (κ1) is 14.0. The number of rotatable bonds is 4. The van der Waals surface area contributed by atoms with Gasteiger partial charge in [0.2, 0.25) is 0 Å². The number of para-hydroxylation sites is 2. The Kier molecular flexibility index (Phi) is 4.15. The van der Waals surface area contributed by atoms with Crippen molar-refractivity contribution in [1.82, 2.24) is 5.32 Å². The largest absolute Gasteiger partial charge is 0.491 e. The molecule has 1 aliphatic heterocycles. The molecule has 0 spiro atoms. The second kappa shape index (κ2) is 6.22. The Morgan fingerprint density at radius 2 is 2.14 bits per heavy atom. The molecule has 21 heavy (non-hydrogen) atoms. The Labute approximate surface area is 125 Å². The fourth-order valence-corrected chi connectivity index (χ4v) is 2.78. The number of hydrogen-bond acceptors (Lipinski definition) is 4. The van der Waals surface area contributed by atoms with Crippen LogP contribution in [0, 0.1) is 6.92 Å². The molecule has 0 unspecified atom stereocenters. The number of fused-ring (bicyclic) bond motifs is 1. The van der Waals surface area contributed by atoms with Gasteiger partial charge in [0, 0.05) is 18.7 Å². The van der Waals surface area contributed by atoms with Crippen molar-refractivity contribution in [3.63, 3.8) is 0 Å². The molecule has 0 aliphatic carbocycles. The lowest BCUT2D eigenvalue weighted by Crippen LogP contribution is -2.22. The molecule has 0 amide bonds. The van der Waals surface area contributed by atoms with Crippen molar-refractivity contribution in [3.8, 4) is 5.75 Å². The first-order chi connectivity index (χ1) is 10.3.